The lowest BCUT2D eigenvalue weighted by molar-refractivity contribution is -0.174. The zero-order valence-electron chi connectivity index (χ0n) is 16.0. The van der Waals surface area contributed by atoms with E-state index in [9.17, 15) is 19.5 Å². The molecule has 0 radical (unpaired) electrons. The summed E-state index contributed by atoms with van der Waals surface area (Å²) in [4.78, 5) is 43.0. The highest BCUT2D eigenvalue weighted by Gasteiger charge is 2.58. The van der Waals surface area contributed by atoms with Crippen LogP contribution in [0.15, 0.2) is 30.2 Å². The van der Waals surface area contributed by atoms with Crippen LogP contribution in [0.5, 0.6) is 0 Å². The predicted octanol–water partition coefficient (Wildman–Crippen LogP) is 1.75. The summed E-state index contributed by atoms with van der Waals surface area (Å²) in [7, 11) is 0. The molecule has 8 nitrogen and oxygen atoms in total. The van der Waals surface area contributed by atoms with Gasteiger partial charge in [-0.2, -0.15) is 0 Å². The number of aliphatic hydroxyl groups excluding tert-OH is 1. The normalized spacial score (nSPS) is 22.5. The van der Waals surface area contributed by atoms with Gasteiger partial charge in [-0.05, 0) is 33.8 Å². The standard InChI is InChI=1S/C19H22N2O6S/c1-10(22)12-15(23)21-13(17(24)26-9-27-18(25)19(2,3)4)14(28-16(12)21)11-6-5-7-20-8-11/h5-8,10,12,16,22H,9H2,1-4H3/t10-,12+,16-/m1/s1. The molecule has 1 amide bonds. The van der Waals surface area contributed by atoms with Crippen LogP contribution in [0.4, 0.5) is 0 Å². The summed E-state index contributed by atoms with van der Waals surface area (Å²) < 4.78 is 10.1. The highest BCUT2D eigenvalue weighted by Crippen LogP contribution is 2.53. The fourth-order valence-corrected chi connectivity index (χ4v) is 4.49. The second-order valence-corrected chi connectivity index (χ2v) is 8.76. The number of nitrogens with zero attached hydrogens (tertiary/aromatic N) is 2. The second kappa shape index (κ2) is 7.56. The Hall–Kier alpha value is -2.39. The first-order chi connectivity index (χ1) is 13.1. The lowest BCUT2D eigenvalue weighted by Crippen LogP contribution is -2.60. The number of carbonyl (C=O) groups excluding carboxylic acids is 3. The Balaban J connectivity index is 1.81. The quantitative estimate of drug-likeness (QED) is 0.448. The monoisotopic (exact) mass is 406 g/mol. The van der Waals surface area contributed by atoms with Crippen LogP contribution in [0.25, 0.3) is 4.91 Å². The van der Waals surface area contributed by atoms with Crippen molar-refractivity contribution in [2.45, 2.75) is 39.2 Å². The highest BCUT2D eigenvalue weighted by molar-refractivity contribution is 8.09. The lowest BCUT2D eigenvalue weighted by Gasteiger charge is -2.43. The Morgan fingerprint density at radius 2 is 2.07 bits per heavy atom. The topological polar surface area (TPSA) is 106 Å². The molecule has 9 heteroatoms. The molecule has 0 unspecified atom stereocenters. The van der Waals surface area contributed by atoms with Crippen LogP contribution in [0.1, 0.15) is 33.3 Å². The number of β-lactam (4-membered cyclic amide) rings is 1. The van der Waals surface area contributed by atoms with Crippen LogP contribution in [-0.4, -0.2) is 51.1 Å². The number of ether oxygens (including phenoxy) is 2. The lowest BCUT2D eigenvalue weighted by atomic mass is 9.92. The summed E-state index contributed by atoms with van der Waals surface area (Å²) in [5, 5.41) is 9.50. The average Bonchev–Trinajstić information content (AvgIpc) is 2.96. The van der Waals surface area contributed by atoms with E-state index in [1.807, 2.05) is 0 Å². The molecular weight excluding hydrogens is 384 g/mol. The number of amides is 1. The van der Waals surface area contributed by atoms with E-state index in [-0.39, 0.29) is 17.0 Å². The zero-order chi connectivity index (χ0) is 20.6. The number of esters is 2. The number of aromatic nitrogens is 1. The maximum absolute atomic E-state index is 12.7. The molecule has 150 valence electrons. The maximum atomic E-state index is 12.7. The van der Waals surface area contributed by atoms with Gasteiger partial charge in [-0.25, -0.2) is 4.79 Å². The van der Waals surface area contributed by atoms with Crippen LogP contribution in [0, 0.1) is 11.3 Å². The number of hydrogen-bond donors (Lipinski definition) is 1. The fourth-order valence-electron chi connectivity index (χ4n) is 2.89. The second-order valence-electron chi connectivity index (χ2n) is 7.63. The van der Waals surface area contributed by atoms with Crippen molar-refractivity contribution in [3.8, 4) is 0 Å². The molecule has 1 aromatic heterocycles. The summed E-state index contributed by atoms with van der Waals surface area (Å²) in [5.74, 6) is -2.21. The summed E-state index contributed by atoms with van der Waals surface area (Å²) in [6, 6.07) is 3.50. The minimum Gasteiger partial charge on any atom is -0.427 e. The number of thioether (sulfide) groups is 1. The molecule has 3 atom stereocenters. The molecule has 1 fully saturated rings. The van der Waals surface area contributed by atoms with Crippen molar-refractivity contribution in [2.24, 2.45) is 11.3 Å². The van der Waals surface area contributed by atoms with Crippen molar-refractivity contribution in [1.29, 1.82) is 0 Å². The van der Waals surface area contributed by atoms with E-state index in [1.54, 1.807) is 52.2 Å². The largest absolute Gasteiger partial charge is 0.427 e. The summed E-state index contributed by atoms with van der Waals surface area (Å²) in [5.41, 5.74) is 0.0214. The van der Waals surface area contributed by atoms with Crippen molar-refractivity contribution < 1.29 is 29.0 Å². The number of fused-ring (bicyclic) bond motifs is 1. The van der Waals surface area contributed by atoms with Crippen molar-refractivity contribution in [3.63, 3.8) is 0 Å². The Bertz CT molecular complexity index is 831. The van der Waals surface area contributed by atoms with Crippen LogP contribution in [0.2, 0.25) is 0 Å². The van der Waals surface area contributed by atoms with Gasteiger partial charge >= 0.3 is 11.9 Å². The minimum atomic E-state index is -0.834. The molecule has 2 aliphatic heterocycles. The van der Waals surface area contributed by atoms with Gasteiger partial charge in [0, 0.05) is 22.9 Å². The van der Waals surface area contributed by atoms with Crippen LogP contribution >= 0.6 is 11.8 Å². The first kappa shape index (κ1) is 20.3. The van der Waals surface area contributed by atoms with Crippen molar-refractivity contribution >= 4 is 34.5 Å². The van der Waals surface area contributed by atoms with Crippen molar-refractivity contribution in [1.82, 2.24) is 9.88 Å². The van der Waals surface area contributed by atoms with E-state index < -0.39 is 36.2 Å². The molecule has 3 heterocycles. The maximum Gasteiger partial charge on any atom is 0.359 e. The minimum absolute atomic E-state index is 0.0803. The Morgan fingerprint density at radius 3 is 2.64 bits per heavy atom. The van der Waals surface area contributed by atoms with Gasteiger partial charge in [-0.3, -0.25) is 19.5 Å². The Kier molecular flexibility index (Phi) is 5.49. The van der Waals surface area contributed by atoms with Gasteiger partial charge in [0.25, 0.3) is 0 Å². The predicted molar refractivity (Wildman–Crippen MR) is 101 cm³/mol. The third kappa shape index (κ3) is 3.64. The van der Waals surface area contributed by atoms with Gasteiger partial charge in [0.15, 0.2) is 0 Å². The number of hydrogen-bond acceptors (Lipinski definition) is 8. The third-order valence-electron chi connectivity index (χ3n) is 4.41. The van der Waals surface area contributed by atoms with E-state index in [0.717, 1.165) is 0 Å². The molecular formula is C19H22N2O6S. The molecule has 3 rings (SSSR count). The highest BCUT2D eigenvalue weighted by atomic mass is 32.2. The first-order valence-corrected chi connectivity index (χ1v) is 9.67. The smallest absolute Gasteiger partial charge is 0.359 e. The molecule has 28 heavy (non-hydrogen) atoms. The van der Waals surface area contributed by atoms with Gasteiger partial charge in [-0.15, -0.1) is 0 Å². The van der Waals surface area contributed by atoms with Gasteiger partial charge in [-0.1, -0.05) is 17.8 Å². The Morgan fingerprint density at radius 1 is 1.36 bits per heavy atom. The fraction of sp³-hybridized carbons (Fsp3) is 0.474. The van der Waals surface area contributed by atoms with Crippen LogP contribution in [-0.2, 0) is 23.9 Å². The molecule has 0 saturated carbocycles. The SMILES string of the molecule is C[C@@H](O)[C@H]1C(=O)N2C(C(=O)OCOC(=O)C(C)(C)C)=C(c3cccnc3)S[C@H]12. The van der Waals surface area contributed by atoms with E-state index >= 15 is 0 Å². The molecule has 0 bridgehead atoms. The zero-order valence-corrected chi connectivity index (χ0v) is 16.9. The van der Waals surface area contributed by atoms with Gasteiger partial charge in [0.2, 0.25) is 12.7 Å². The number of pyridine rings is 1. The van der Waals surface area contributed by atoms with Crippen LogP contribution in [0.3, 0.4) is 0 Å². The van der Waals surface area contributed by atoms with Gasteiger partial charge < -0.3 is 14.6 Å². The van der Waals surface area contributed by atoms with E-state index in [2.05, 4.69) is 4.98 Å². The molecule has 0 aliphatic carbocycles. The van der Waals surface area contributed by atoms with E-state index in [0.29, 0.717) is 10.5 Å². The molecule has 0 spiro atoms. The number of carbonyl (C=O) groups is 3. The van der Waals surface area contributed by atoms with Crippen molar-refractivity contribution in [3.05, 3.63) is 35.8 Å². The molecule has 2 aliphatic rings. The third-order valence-corrected chi connectivity index (χ3v) is 5.82. The van der Waals surface area contributed by atoms with Crippen LogP contribution < -0.4 is 0 Å². The molecule has 1 N–H and O–H groups in total. The molecule has 1 saturated heterocycles. The summed E-state index contributed by atoms with van der Waals surface area (Å²) in [6.45, 7) is 6.07. The number of aliphatic hydroxyl groups is 1. The summed E-state index contributed by atoms with van der Waals surface area (Å²) in [6.07, 6.45) is 2.36. The van der Waals surface area contributed by atoms with Crippen molar-refractivity contribution in [2.75, 3.05) is 6.79 Å². The number of rotatable bonds is 5. The average molecular weight is 406 g/mol. The first-order valence-electron chi connectivity index (χ1n) is 8.79. The van der Waals surface area contributed by atoms with Gasteiger partial charge in [0.1, 0.15) is 11.1 Å². The van der Waals surface area contributed by atoms with E-state index in [1.165, 1.54) is 16.7 Å². The van der Waals surface area contributed by atoms with Gasteiger partial charge in [0.05, 0.1) is 17.4 Å². The molecule has 0 aromatic carbocycles. The summed E-state index contributed by atoms with van der Waals surface area (Å²) >= 11 is 1.31. The Labute approximate surface area is 166 Å². The molecule has 1 aromatic rings. The van der Waals surface area contributed by atoms with E-state index in [4.69, 9.17) is 9.47 Å².